The number of carboxylic acid groups (broad SMARTS) is 2. The summed E-state index contributed by atoms with van der Waals surface area (Å²) in [4.78, 5) is 23.1. The lowest BCUT2D eigenvalue weighted by Gasteiger charge is -2.37. The van der Waals surface area contributed by atoms with Crippen LogP contribution in [0.4, 0.5) is 5.69 Å². The number of aromatic nitrogens is 1. The van der Waals surface area contributed by atoms with Crippen molar-refractivity contribution in [2.75, 3.05) is 50.8 Å². The van der Waals surface area contributed by atoms with E-state index in [4.69, 9.17) is 40.9 Å². The van der Waals surface area contributed by atoms with Crippen molar-refractivity contribution in [2.45, 2.75) is 6.54 Å². The second-order valence-corrected chi connectivity index (χ2v) is 8.39. The number of carboxylic acids is 2. The van der Waals surface area contributed by atoms with E-state index >= 15 is 0 Å². The highest BCUT2D eigenvalue weighted by atomic mass is 35.5. The van der Waals surface area contributed by atoms with Crippen molar-refractivity contribution in [1.29, 1.82) is 0 Å². The molecular formula is C24H26ClN3O6. The van der Waals surface area contributed by atoms with Crippen molar-refractivity contribution in [3.05, 3.63) is 53.7 Å². The third kappa shape index (κ3) is 5.55. The van der Waals surface area contributed by atoms with Gasteiger partial charge in [0.2, 0.25) is 0 Å². The van der Waals surface area contributed by atoms with Gasteiger partial charge in [-0.2, -0.15) is 0 Å². The highest BCUT2D eigenvalue weighted by Gasteiger charge is 2.23. The smallest absolute Gasteiger partial charge is 0.414 e. The maximum Gasteiger partial charge on any atom is 0.414 e. The van der Waals surface area contributed by atoms with Crippen LogP contribution in [-0.4, -0.2) is 77.6 Å². The number of hydrogen-bond donors (Lipinski definition) is 2. The quantitative estimate of drug-likeness (QED) is 0.541. The van der Waals surface area contributed by atoms with Gasteiger partial charge in [0, 0.05) is 61.4 Å². The van der Waals surface area contributed by atoms with Gasteiger partial charge >= 0.3 is 11.9 Å². The molecule has 0 amide bonds. The zero-order chi connectivity index (χ0) is 24.1. The summed E-state index contributed by atoms with van der Waals surface area (Å²) in [5, 5.41) is 16.8. The first-order valence-corrected chi connectivity index (χ1v) is 11.4. The largest absolute Gasteiger partial charge is 0.486 e. The van der Waals surface area contributed by atoms with Crippen LogP contribution in [0.2, 0.25) is 5.02 Å². The summed E-state index contributed by atoms with van der Waals surface area (Å²) >= 11 is 6.10. The number of nitrogens with zero attached hydrogens (tertiary/aromatic N) is 3. The molecule has 1 aromatic heterocycles. The molecule has 3 heterocycles. The molecule has 1 saturated heterocycles. The lowest BCUT2D eigenvalue weighted by molar-refractivity contribution is -0.159. The molecular weight excluding hydrogens is 462 g/mol. The van der Waals surface area contributed by atoms with Crippen molar-refractivity contribution in [1.82, 2.24) is 9.47 Å². The van der Waals surface area contributed by atoms with E-state index in [2.05, 4.69) is 44.8 Å². The summed E-state index contributed by atoms with van der Waals surface area (Å²) in [6.07, 6.45) is 2.16. The maximum absolute atomic E-state index is 9.10. The van der Waals surface area contributed by atoms with Gasteiger partial charge in [0.25, 0.3) is 0 Å². The van der Waals surface area contributed by atoms with Crippen LogP contribution >= 0.6 is 11.6 Å². The molecule has 10 heteroatoms. The highest BCUT2D eigenvalue weighted by molar-refractivity contribution is 6.31. The van der Waals surface area contributed by atoms with Crippen molar-refractivity contribution in [3.63, 3.8) is 0 Å². The molecule has 2 aromatic carbocycles. The SMILES string of the molecule is Clc1ccc2c(ccn2CCN2CCN(c3cccc4c3OCCO4)CC2)c1.O=C(O)C(=O)O. The Balaban J connectivity index is 0.000000408. The van der Waals surface area contributed by atoms with Crippen LogP contribution in [0.5, 0.6) is 11.5 Å². The molecule has 180 valence electrons. The first-order chi connectivity index (χ1) is 16.4. The lowest BCUT2D eigenvalue weighted by atomic mass is 10.2. The van der Waals surface area contributed by atoms with Gasteiger partial charge in [-0.05, 0) is 36.4 Å². The number of piperazine rings is 1. The summed E-state index contributed by atoms with van der Waals surface area (Å²) in [6, 6.07) is 14.4. The number of ether oxygens (including phenoxy) is 2. The van der Waals surface area contributed by atoms with E-state index in [9.17, 15) is 0 Å². The van der Waals surface area contributed by atoms with E-state index < -0.39 is 11.9 Å². The van der Waals surface area contributed by atoms with E-state index in [1.807, 2.05) is 18.2 Å². The van der Waals surface area contributed by atoms with Crippen LogP contribution in [0.15, 0.2) is 48.7 Å². The van der Waals surface area contributed by atoms with Crippen LogP contribution in [0.3, 0.4) is 0 Å². The fourth-order valence-electron chi connectivity index (χ4n) is 4.13. The number of halogens is 1. The monoisotopic (exact) mass is 487 g/mol. The van der Waals surface area contributed by atoms with E-state index in [1.54, 1.807) is 0 Å². The van der Waals surface area contributed by atoms with Gasteiger partial charge in [-0.1, -0.05) is 17.7 Å². The normalized spacial score (nSPS) is 15.5. The Morgan fingerprint density at radius 3 is 2.38 bits per heavy atom. The van der Waals surface area contributed by atoms with Gasteiger partial charge in [-0.3, -0.25) is 4.90 Å². The number of aliphatic carboxylic acids is 2. The van der Waals surface area contributed by atoms with Crippen molar-refractivity contribution < 1.29 is 29.3 Å². The number of para-hydroxylation sites is 1. The number of fused-ring (bicyclic) bond motifs is 2. The molecule has 2 aliphatic heterocycles. The van der Waals surface area contributed by atoms with Gasteiger partial charge in [-0.25, -0.2) is 9.59 Å². The molecule has 9 nitrogen and oxygen atoms in total. The summed E-state index contributed by atoms with van der Waals surface area (Å²) in [5.41, 5.74) is 2.40. The van der Waals surface area contributed by atoms with E-state index in [0.29, 0.717) is 13.2 Å². The second kappa shape index (κ2) is 10.7. The van der Waals surface area contributed by atoms with Crippen LogP contribution < -0.4 is 14.4 Å². The Hall–Kier alpha value is -3.43. The second-order valence-electron chi connectivity index (χ2n) is 7.95. The molecule has 5 rings (SSSR count). The average molecular weight is 488 g/mol. The van der Waals surface area contributed by atoms with Gasteiger partial charge < -0.3 is 29.2 Å². The standard InChI is InChI=1S/C22H24ClN3O2.C2H2O4/c23-18-4-5-19-17(16-18)6-7-25(19)11-8-24-9-12-26(13-10-24)20-2-1-3-21-22(20)28-15-14-27-21;3-1(4)2(5)6/h1-7,16H,8-15H2;(H,3,4)(H,5,6). The minimum absolute atomic E-state index is 0.625. The third-order valence-electron chi connectivity index (χ3n) is 5.83. The van der Waals surface area contributed by atoms with Crippen LogP contribution in [-0.2, 0) is 16.1 Å². The molecule has 0 saturated carbocycles. The van der Waals surface area contributed by atoms with Crippen LogP contribution in [0.25, 0.3) is 10.9 Å². The van der Waals surface area contributed by atoms with Crippen LogP contribution in [0.1, 0.15) is 0 Å². The summed E-state index contributed by atoms with van der Waals surface area (Å²) < 4.78 is 13.9. The lowest BCUT2D eigenvalue weighted by Crippen LogP contribution is -2.47. The van der Waals surface area contributed by atoms with Crippen molar-refractivity contribution in [3.8, 4) is 11.5 Å². The van der Waals surface area contributed by atoms with Crippen molar-refractivity contribution >= 4 is 40.1 Å². The molecule has 0 radical (unpaired) electrons. The molecule has 0 atom stereocenters. The Morgan fingerprint density at radius 1 is 0.912 bits per heavy atom. The first kappa shape index (κ1) is 23.7. The molecule has 2 N–H and O–H groups in total. The number of hydrogen-bond acceptors (Lipinski definition) is 6. The van der Waals surface area contributed by atoms with Gasteiger partial charge in [0.1, 0.15) is 13.2 Å². The Labute approximate surface area is 201 Å². The number of benzene rings is 2. The Kier molecular flexibility index (Phi) is 7.44. The van der Waals surface area contributed by atoms with E-state index in [1.165, 1.54) is 10.9 Å². The molecule has 0 unspecified atom stereocenters. The molecule has 34 heavy (non-hydrogen) atoms. The maximum atomic E-state index is 9.10. The summed E-state index contributed by atoms with van der Waals surface area (Å²) in [6.45, 7) is 7.40. The predicted molar refractivity (Wildman–Crippen MR) is 128 cm³/mol. The van der Waals surface area contributed by atoms with Crippen molar-refractivity contribution in [2.24, 2.45) is 0 Å². The minimum Gasteiger partial charge on any atom is -0.486 e. The topological polar surface area (TPSA) is 104 Å². The number of anilines is 1. The number of carbonyl (C=O) groups is 2. The fraction of sp³-hybridized carbons (Fsp3) is 0.333. The molecule has 0 aliphatic carbocycles. The molecule has 2 aliphatic rings. The average Bonchev–Trinajstić information content (AvgIpc) is 3.25. The highest BCUT2D eigenvalue weighted by Crippen LogP contribution is 2.39. The summed E-state index contributed by atoms with van der Waals surface area (Å²) in [5.74, 6) is -1.88. The fourth-order valence-corrected chi connectivity index (χ4v) is 4.32. The van der Waals surface area contributed by atoms with Gasteiger partial charge in [0.05, 0.1) is 5.69 Å². The van der Waals surface area contributed by atoms with Gasteiger partial charge in [-0.15, -0.1) is 0 Å². The summed E-state index contributed by atoms with van der Waals surface area (Å²) in [7, 11) is 0. The van der Waals surface area contributed by atoms with E-state index in [0.717, 1.165) is 61.5 Å². The Morgan fingerprint density at radius 2 is 1.65 bits per heavy atom. The van der Waals surface area contributed by atoms with Crippen LogP contribution in [0, 0.1) is 0 Å². The van der Waals surface area contributed by atoms with Gasteiger partial charge in [0.15, 0.2) is 11.5 Å². The zero-order valence-corrected chi connectivity index (χ0v) is 19.3. The molecule has 3 aromatic rings. The molecule has 0 spiro atoms. The van der Waals surface area contributed by atoms with E-state index in [-0.39, 0.29) is 0 Å². The third-order valence-corrected chi connectivity index (χ3v) is 6.07. The number of rotatable bonds is 4. The first-order valence-electron chi connectivity index (χ1n) is 11.0. The Bertz CT molecular complexity index is 1160. The zero-order valence-electron chi connectivity index (χ0n) is 18.5. The molecule has 0 bridgehead atoms. The molecule has 1 fully saturated rings. The predicted octanol–water partition coefficient (Wildman–Crippen LogP) is 3.04. The minimum atomic E-state index is -1.82.